The largest absolute Gasteiger partial charge is 0.365 e. The number of nitrogens with zero attached hydrogens (tertiary/aromatic N) is 2. The third kappa shape index (κ3) is 3.46. The monoisotopic (exact) mass is 306 g/mol. The molecule has 1 heterocycles. The molecule has 1 aromatic carbocycles. The number of hydrogen-bond acceptors (Lipinski definition) is 3. The van der Waals surface area contributed by atoms with Crippen LogP contribution in [0, 0.1) is 5.82 Å². The van der Waals surface area contributed by atoms with Crippen molar-refractivity contribution in [3.8, 4) is 0 Å². The molecule has 0 spiro atoms. The molecule has 1 saturated heterocycles. The van der Waals surface area contributed by atoms with Crippen molar-refractivity contribution in [2.75, 3.05) is 24.5 Å². The van der Waals surface area contributed by atoms with Crippen molar-refractivity contribution in [3.63, 3.8) is 0 Å². The molecule has 1 fully saturated rings. The van der Waals surface area contributed by atoms with Gasteiger partial charge in [-0.05, 0) is 38.5 Å². The van der Waals surface area contributed by atoms with Crippen LogP contribution in [0.15, 0.2) is 18.2 Å². The van der Waals surface area contributed by atoms with E-state index >= 15 is 0 Å². The molecule has 0 saturated carbocycles. The zero-order valence-electron chi connectivity index (χ0n) is 13.4. The summed E-state index contributed by atoms with van der Waals surface area (Å²) in [6.07, 6.45) is 1.40. The van der Waals surface area contributed by atoms with E-state index in [1.807, 2.05) is 23.6 Å². The SMILES string of the molecule is CCCC(=O)N1CCN(c2ccc(C(C)=O)cc2F)C[C@H]1C. The molecule has 1 aromatic rings. The first-order valence-corrected chi connectivity index (χ1v) is 7.79. The van der Waals surface area contributed by atoms with Crippen LogP contribution in [0.3, 0.4) is 0 Å². The van der Waals surface area contributed by atoms with E-state index in [2.05, 4.69) is 0 Å². The molecule has 1 aliphatic rings. The van der Waals surface area contributed by atoms with Gasteiger partial charge in [0.05, 0.1) is 5.69 Å². The minimum absolute atomic E-state index is 0.0553. The Morgan fingerprint density at radius 1 is 1.32 bits per heavy atom. The second-order valence-corrected chi connectivity index (χ2v) is 5.85. The van der Waals surface area contributed by atoms with Crippen LogP contribution in [0.2, 0.25) is 0 Å². The summed E-state index contributed by atoms with van der Waals surface area (Å²) in [5.74, 6) is -0.357. The maximum absolute atomic E-state index is 14.2. The molecule has 120 valence electrons. The molecule has 0 radical (unpaired) electrons. The van der Waals surface area contributed by atoms with Crippen LogP contribution in [0.1, 0.15) is 44.0 Å². The summed E-state index contributed by atoms with van der Waals surface area (Å²) in [7, 11) is 0. The number of Topliss-reactive ketones (excluding diaryl/α,β-unsaturated/α-hetero) is 1. The molecule has 1 amide bonds. The molecule has 4 nitrogen and oxygen atoms in total. The molecule has 22 heavy (non-hydrogen) atoms. The zero-order chi connectivity index (χ0) is 16.3. The number of amides is 1. The van der Waals surface area contributed by atoms with E-state index in [-0.39, 0.29) is 23.5 Å². The Morgan fingerprint density at radius 3 is 2.59 bits per heavy atom. The Kier molecular flexibility index (Phi) is 5.16. The van der Waals surface area contributed by atoms with Crippen molar-refractivity contribution in [3.05, 3.63) is 29.6 Å². The normalized spacial score (nSPS) is 18.5. The predicted molar refractivity (Wildman–Crippen MR) is 84.7 cm³/mol. The Bertz CT molecular complexity index is 574. The lowest BCUT2D eigenvalue weighted by Crippen LogP contribution is -2.54. The summed E-state index contributed by atoms with van der Waals surface area (Å²) in [5, 5.41) is 0. The van der Waals surface area contributed by atoms with Gasteiger partial charge in [0.1, 0.15) is 5.82 Å². The number of benzene rings is 1. The average molecular weight is 306 g/mol. The lowest BCUT2D eigenvalue weighted by Gasteiger charge is -2.41. The number of carbonyl (C=O) groups excluding carboxylic acids is 2. The van der Waals surface area contributed by atoms with Gasteiger partial charge in [-0.2, -0.15) is 0 Å². The summed E-state index contributed by atoms with van der Waals surface area (Å²) in [6.45, 7) is 7.22. The highest BCUT2D eigenvalue weighted by molar-refractivity contribution is 5.94. The molecule has 0 aliphatic carbocycles. The predicted octanol–water partition coefficient (Wildman–Crippen LogP) is 2.87. The van der Waals surface area contributed by atoms with Gasteiger partial charge >= 0.3 is 0 Å². The second kappa shape index (κ2) is 6.90. The molecule has 0 bridgehead atoms. The van der Waals surface area contributed by atoms with E-state index < -0.39 is 0 Å². The molecule has 0 unspecified atom stereocenters. The second-order valence-electron chi connectivity index (χ2n) is 5.85. The van der Waals surface area contributed by atoms with Gasteiger partial charge in [0, 0.05) is 37.7 Å². The van der Waals surface area contributed by atoms with E-state index in [1.165, 1.54) is 13.0 Å². The van der Waals surface area contributed by atoms with Gasteiger partial charge in [-0.15, -0.1) is 0 Å². The van der Waals surface area contributed by atoms with Crippen LogP contribution < -0.4 is 4.90 Å². The minimum Gasteiger partial charge on any atom is -0.365 e. The highest BCUT2D eigenvalue weighted by Crippen LogP contribution is 2.24. The summed E-state index contributed by atoms with van der Waals surface area (Å²) < 4.78 is 14.2. The summed E-state index contributed by atoms with van der Waals surface area (Å²) in [4.78, 5) is 27.1. The smallest absolute Gasteiger partial charge is 0.222 e. The van der Waals surface area contributed by atoms with Crippen LogP contribution in [-0.4, -0.2) is 42.3 Å². The summed E-state index contributed by atoms with van der Waals surface area (Å²) >= 11 is 0. The van der Waals surface area contributed by atoms with Crippen LogP contribution in [0.25, 0.3) is 0 Å². The maximum Gasteiger partial charge on any atom is 0.222 e. The third-order valence-electron chi connectivity index (χ3n) is 4.11. The Balaban J connectivity index is 2.10. The van der Waals surface area contributed by atoms with Gasteiger partial charge in [0.15, 0.2) is 5.78 Å². The molecule has 2 rings (SSSR count). The van der Waals surface area contributed by atoms with Crippen molar-refractivity contribution in [2.45, 2.75) is 39.7 Å². The number of piperazine rings is 1. The lowest BCUT2D eigenvalue weighted by atomic mass is 10.1. The fraction of sp³-hybridized carbons (Fsp3) is 0.529. The van der Waals surface area contributed by atoms with Gasteiger partial charge < -0.3 is 9.80 Å². The van der Waals surface area contributed by atoms with E-state index in [0.717, 1.165) is 6.42 Å². The van der Waals surface area contributed by atoms with Crippen LogP contribution in [-0.2, 0) is 4.79 Å². The minimum atomic E-state index is -0.381. The van der Waals surface area contributed by atoms with Gasteiger partial charge in [0.2, 0.25) is 5.91 Å². The lowest BCUT2D eigenvalue weighted by molar-refractivity contribution is -0.133. The number of rotatable bonds is 4. The first-order valence-electron chi connectivity index (χ1n) is 7.79. The highest BCUT2D eigenvalue weighted by atomic mass is 19.1. The summed E-state index contributed by atoms with van der Waals surface area (Å²) in [5.41, 5.74) is 0.880. The van der Waals surface area contributed by atoms with Gasteiger partial charge in [-0.1, -0.05) is 6.92 Å². The summed E-state index contributed by atoms with van der Waals surface area (Å²) in [6, 6.07) is 4.65. The molecule has 0 N–H and O–H groups in total. The maximum atomic E-state index is 14.2. The van der Waals surface area contributed by atoms with Gasteiger partial charge in [0.25, 0.3) is 0 Å². The standard InChI is InChI=1S/C17H23FN2O2/c1-4-5-17(22)20-9-8-19(11-12(20)2)16-7-6-14(13(3)21)10-15(16)18/h6-7,10,12H,4-5,8-9,11H2,1-3H3/t12-/m1/s1. The van der Waals surface area contributed by atoms with Gasteiger partial charge in [-0.3, -0.25) is 9.59 Å². The van der Waals surface area contributed by atoms with E-state index in [1.54, 1.807) is 12.1 Å². The first kappa shape index (κ1) is 16.5. The number of carbonyl (C=O) groups is 2. The number of anilines is 1. The van der Waals surface area contributed by atoms with Crippen molar-refractivity contribution in [1.29, 1.82) is 0 Å². The van der Waals surface area contributed by atoms with Crippen molar-refractivity contribution < 1.29 is 14.0 Å². The highest BCUT2D eigenvalue weighted by Gasteiger charge is 2.28. The van der Waals surface area contributed by atoms with Crippen LogP contribution >= 0.6 is 0 Å². The molecular weight excluding hydrogens is 283 g/mol. The topological polar surface area (TPSA) is 40.6 Å². The average Bonchev–Trinajstić information content (AvgIpc) is 2.47. The van der Waals surface area contributed by atoms with Crippen molar-refractivity contribution in [2.24, 2.45) is 0 Å². The van der Waals surface area contributed by atoms with E-state index in [0.29, 0.717) is 37.3 Å². The Labute approximate surface area is 130 Å². The number of halogens is 1. The first-order chi connectivity index (χ1) is 10.4. The van der Waals surface area contributed by atoms with Crippen molar-refractivity contribution >= 4 is 17.4 Å². The fourth-order valence-corrected chi connectivity index (χ4v) is 2.89. The van der Waals surface area contributed by atoms with E-state index in [4.69, 9.17) is 0 Å². The fourth-order valence-electron chi connectivity index (χ4n) is 2.89. The molecule has 1 aliphatic heterocycles. The molecular formula is C17H23FN2O2. The molecule has 0 aromatic heterocycles. The van der Waals surface area contributed by atoms with Crippen molar-refractivity contribution in [1.82, 2.24) is 4.90 Å². The Morgan fingerprint density at radius 2 is 2.05 bits per heavy atom. The van der Waals surface area contributed by atoms with E-state index in [9.17, 15) is 14.0 Å². The number of hydrogen-bond donors (Lipinski definition) is 0. The number of ketones is 1. The van der Waals surface area contributed by atoms with Crippen LogP contribution in [0.4, 0.5) is 10.1 Å². The quantitative estimate of drug-likeness (QED) is 0.803. The Hall–Kier alpha value is -1.91. The van der Waals surface area contributed by atoms with Crippen LogP contribution in [0.5, 0.6) is 0 Å². The molecule has 5 heteroatoms. The molecule has 1 atom stereocenters. The third-order valence-corrected chi connectivity index (χ3v) is 4.11. The zero-order valence-corrected chi connectivity index (χ0v) is 13.4. The van der Waals surface area contributed by atoms with Gasteiger partial charge in [-0.25, -0.2) is 4.39 Å².